The zero-order valence-electron chi connectivity index (χ0n) is 15.2. The van der Waals surface area contributed by atoms with Crippen molar-refractivity contribution in [2.75, 3.05) is 18.2 Å². The lowest BCUT2D eigenvalue weighted by Gasteiger charge is -2.12. The summed E-state index contributed by atoms with van der Waals surface area (Å²) in [6.07, 6.45) is 1.78. The molecule has 6 heteroatoms. The first-order valence-electron chi connectivity index (χ1n) is 8.57. The predicted molar refractivity (Wildman–Crippen MR) is 104 cm³/mol. The highest BCUT2D eigenvalue weighted by Crippen LogP contribution is 2.31. The molecule has 0 saturated carbocycles. The lowest BCUT2D eigenvalue weighted by molar-refractivity contribution is -0.114. The first-order chi connectivity index (χ1) is 13.1. The molecule has 1 aliphatic heterocycles. The lowest BCUT2D eigenvalue weighted by atomic mass is 10.1. The van der Waals surface area contributed by atoms with Crippen LogP contribution in [0.1, 0.15) is 19.4 Å². The van der Waals surface area contributed by atoms with Gasteiger partial charge in [0.15, 0.2) is 18.1 Å². The van der Waals surface area contributed by atoms with Crippen LogP contribution in [0.5, 0.6) is 11.5 Å². The van der Waals surface area contributed by atoms with Gasteiger partial charge < -0.3 is 9.47 Å². The summed E-state index contributed by atoms with van der Waals surface area (Å²) in [4.78, 5) is 12.8. The fourth-order valence-corrected chi connectivity index (χ4v) is 2.71. The number of benzene rings is 2. The van der Waals surface area contributed by atoms with Crippen molar-refractivity contribution < 1.29 is 14.3 Å². The van der Waals surface area contributed by atoms with E-state index in [1.807, 2.05) is 49.4 Å². The summed E-state index contributed by atoms with van der Waals surface area (Å²) >= 11 is 0. The fourth-order valence-electron chi connectivity index (χ4n) is 2.71. The molecule has 0 aliphatic carbocycles. The van der Waals surface area contributed by atoms with Crippen molar-refractivity contribution in [1.82, 2.24) is 0 Å². The van der Waals surface area contributed by atoms with Gasteiger partial charge in [0.1, 0.15) is 6.07 Å². The molecule has 0 spiro atoms. The van der Waals surface area contributed by atoms with Gasteiger partial charge in [0.05, 0.1) is 23.6 Å². The third kappa shape index (κ3) is 3.98. The number of ether oxygens (including phenoxy) is 2. The molecule has 3 rings (SSSR count). The van der Waals surface area contributed by atoms with Crippen LogP contribution in [0.15, 0.2) is 59.2 Å². The Morgan fingerprint density at radius 2 is 1.93 bits per heavy atom. The Bertz CT molecular complexity index is 943. The Morgan fingerprint density at radius 1 is 1.15 bits per heavy atom. The summed E-state index contributed by atoms with van der Waals surface area (Å²) in [6.45, 7) is 4.08. The molecule has 6 nitrogen and oxygen atoms in total. The quantitative estimate of drug-likeness (QED) is 0.734. The highest BCUT2D eigenvalue weighted by atomic mass is 16.5. The molecule has 0 radical (unpaired) electrons. The van der Waals surface area contributed by atoms with E-state index in [4.69, 9.17) is 14.7 Å². The van der Waals surface area contributed by atoms with Gasteiger partial charge in [0.25, 0.3) is 5.91 Å². The smallest absolute Gasteiger partial charge is 0.280 e. The Hall–Kier alpha value is -3.59. The van der Waals surface area contributed by atoms with Gasteiger partial charge in [-0.25, -0.2) is 0 Å². The maximum atomic E-state index is 12.8. The van der Waals surface area contributed by atoms with E-state index in [-0.39, 0.29) is 12.5 Å². The van der Waals surface area contributed by atoms with E-state index in [9.17, 15) is 4.79 Å². The second kappa shape index (κ2) is 8.19. The Kier molecular flexibility index (Phi) is 5.53. The molecule has 0 atom stereocenters. The van der Waals surface area contributed by atoms with E-state index in [0.29, 0.717) is 29.4 Å². The molecule has 2 aromatic rings. The van der Waals surface area contributed by atoms with Gasteiger partial charge in [-0.05, 0) is 49.8 Å². The number of para-hydroxylation sites is 1. The minimum Gasteiger partial charge on any atom is -0.490 e. The van der Waals surface area contributed by atoms with Gasteiger partial charge in [-0.2, -0.15) is 15.4 Å². The van der Waals surface area contributed by atoms with E-state index < -0.39 is 0 Å². The van der Waals surface area contributed by atoms with Crippen molar-refractivity contribution in [1.29, 1.82) is 5.26 Å². The number of hydrazone groups is 1. The van der Waals surface area contributed by atoms with Gasteiger partial charge in [0.2, 0.25) is 0 Å². The van der Waals surface area contributed by atoms with Crippen LogP contribution in [-0.2, 0) is 4.79 Å². The average Bonchev–Trinajstić information content (AvgIpc) is 2.96. The van der Waals surface area contributed by atoms with Crippen LogP contribution in [-0.4, -0.2) is 24.8 Å². The van der Waals surface area contributed by atoms with Gasteiger partial charge in [-0.1, -0.05) is 24.3 Å². The van der Waals surface area contributed by atoms with Gasteiger partial charge in [-0.15, -0.1) is 0 Å². The van der Waals surface area contributed by atoms with Gasteiger partial charge in [0, 0.05) is 0 Å². The number of nitrogens with zero attached hydrogens (tertiary/aromatic N) is 3. The first kappa shape index (κ1) is 18.2. The zero-order valence-corrected chi connectivity index (χ0v) is 15.2. The molecule has 1 amide bonds. The summed E-state index contributed by atoms with van der Waals surface area (Å²) in [6, 6.07) is 16.6. The maximum absolute atomic E-state index is 12.8. The number of amides is 1. The van der Waals surface area contributed by atoms with Crippen LogP contribution in [0, 0.1) is 11.3 Å². The van der Waals surface area contributed by atoms with Crippen LogP contribution < -0.4 is 14.5 Å². The largest absolute Gasteiger partial charge is 0.490 e. The van der Waals surface area contributed by atoms with Crippen LogP contribution >= 0.6 is 0 Å². The molecule has 0 bridgehead atoms. The fraction of sp³-hybridized carbons (Fsp3) is 0.190. The standard InChI is InChI=1S/C21H19N3O3/c1-3-26-20-14-16(9-10-19(20)27-12-11-22)13-18-15(2)23-24(21(18)25)17-7-5-4-6-8-17/h4-10,13-14H,3,12H2,1-2H3/b18-13+. The molecule has 0 aromatic heterocycles. The Labute approximate surface area is 157 Å². The van der Waals surface area contributed by atoms with Crippen molar-refractivity contribution in [2.24, 2.45) is 5.10 Å². The second-order valence-corrected chi connectivity index (χ2v) is 5.78. The predicted octanol–water partition coefficient (Wildman–Crippen LogP) is 3.79. The van der Waals surface area contributed by atoms with Crippen LogP contribution in [0.3, 0.4) is 0 Å². The minimum atomic E-state index is -0.179. The topological polar surface area (TPSA) is 74.9 Å². The van der Waals surface area contributed by atoms with Crippen molar-refractivity contribution in [3.05, 3.63) is 59.7 Å². The van der Waals surface area contributed by atoms with E-state index in [1.165, 1.54) is 5.01 Å². The Balaban J connectivity index is 1.90. The highest BCUT2D eigenvalue weighted by molar-refractivity contribution is 6.32. The normalized spacial score (nSPS) is 14.9. The van der Waals surface area contributed by atoms with Crippen LogP contribution in [0.4, 0.5) is 5.69 Å². The van der Waals surface area contributed by atoms with E-state index in [1.54, 1.807) is 25.1 Å². The third-order valence-corrected chi connectivity index (χ3v) is 3.93. The summed E-state index contributed by atoms with van der Waals surface area (Å²) in [5.74, 6) is 0.845. The van der Waals surface area contributed by atoms with Crippen molar-refractivity contribution in [2.45, 2.75) is 13.8 Å². The molecule has 1 aliphatic rings. The first-order valence-corrected chi connectivity index (χ1v) is 8.57. The van der Waals surface area contributed by atoms with Gasteiger partial charge >= 0.3 is 0 Å². The molecular formula is C21H19N3O3. The molecule has 1 heterocycles. The number of carbonyl (C=O) groups excluding carboxylic acids is 1. The van der Waals surface area contributed by atoms with Crippen molar-refractivity contribution in [3.63, 3.8) is 0 Å². The molecular weight excluding hydrogens is 342 g/mol. The highest BCUT2D eigenvalue weighted by Gasteiger charge is 2.28. The minimum absolute atomic E-state index is 0.0587. The molecule has 2 aromatic carbocycles. The third-order valence-electron chi connectivity index (χ3n) is 3.93. The Morgan fingerprint density at radius 3 is 2.63 bits per heavy atom. The number of carbonyl (C=O) groups is 1. The SMILES string of the molecule is CCOc1cc(/C=C2/C(=O)N(c3ccccc3)N=C2C)ccc1OCC#N. The van der Waals surface area contributed by atoms with E-state index in [2.05, 4.69) is 5.10 Å². The second-order valence-electron chi connectivity index (χ2n) is 5.78. The van der Waals surface area contributed by atoms with E-state index >= 15 is 0 Å². The molecule has 136 valence electrons. The van der Waals surface area contributed by atoms with Crippen LogP contribution in [0.25, 0.3) is 6.08 Å². The molecule has 0 N–H and O–H groups in total. The average molecular weight is 361 g/mol. The van der Waals surface area contributed by atoms with Gasteiger partial charge in [-0.3, -0.25) is 4.79 Å². The molecule has 27 heavy (non-hydrogen) atoms. The van der Waals surface area contributed by atoms with Crippen molar-refractivity contribution in [3.8, 4) is 17.6 Å². The maximum Gasteiger partial charge on any atom is 0.280 e. The van der Waals surface area contributed by atoms with E-state index in [0.717, 1.165) is 11.3 Å². The zero-order chi connectivity index (χ0) is 19.2. The van der Waals surface area contributed by atoms with Crippen molar-refractivity contribution >= 4 is 23.4 Å². The number of rotatable bonds is 6. The monoisotopic (exact) mass is 361 g/mol. The molecule has 0 saturated heterocycles. The summed E-state index contributed by atoms with van der Waals surface area (Å²) < 4.78 is 11.0. The summed E-state index contributed by atoms with van der Waals surface area (Å²) in [5, 5.41) is 14.5. The van der Waals surface area contributed by atoms with Crippen LogP contribution in [0.2, 0.25) is 0 Å². The number of nitriles is 1. The molecule has 0 fully saturated rings. The summed E-state index contributed by atoms with van der Waals surface area (Å²) in [7, 11) is 0. The number of hydrogen-bond donors (Lipinski definition) is 0. The number of anilines is 1. The lowest BCUT2D eigenvalue weighted by Crippen LogP contribution is -2.21. The summed E-state index contributed by atoms with van der Waals surface area (Å²) in [5.41, 5.74) is 2.68. The number of hydrogen-bond acceptors (Lipinski definition) is 5. The molecule has 0 unspecified atom stereocenters.